The van der Waals surface area contributed by atoms with Crippen LogP contribution in [0.4, 0.5) is 4.39 Å². The third kappa shape index (κ3) is 5.45. The number of nitriles is 1. The van der Waals surface area contributed by atoms with Gasteiger partial charge in [-0.1, -0.05) is 42.0 Å². The van der Waals surface area contributed by atoms with Crippen LogP contribution in [0.2, 0.25) is 0 Å². The predicted octanol–water partition coefficient (Wildman–Crippen LogP) is 6.16. The molecular weight excluding hydrogens is 511 g/mol. The minimum Gasteiger partial charge on any atom is -0.493 e. The molecule has 1 aliphatic rings. The largest absolute Gasteiger partial charge is 0.493 e. The Hall–Kier alpha value is -5.29. The average Bonchev–Trinajstić information content (AvgIpc) is 2.96. The molecule has 0 aliphatic carbocycles. The molecule has 0 bridgehead atoms. The molecule has 0 saturated heterocycles. The average molecular weight is 537 g/mol. The number of hydrogen-bond acceptors (Lipinski definition) is 7. The lowest BCUT2D eigenvalue weighted by Gasteiger charge is -2.27. The van der Waals surface area contributed by atoms with Crippen molar-refractivity contribution in [3.8, 4) is 29.1 Å². The number of ether oxygens (including phenoxy) is 4. The van der Waals surface area contributed by atoms with Crippen LogP contribution in [0, 0.1) is 24.1 Å². The van der Waals surface area contributed by atoms with E-state index in [0.29, 0.717) is 28.4 Å². The second-order valence-electron chi connectivity index (χ2n) is 9.21. The first-order valence-corrected chi connectivity index (χ1v) is 12.4. The van der Waals surface area contributed by atoms with Gasteiger partial charge in [-0.2, -0.15) is 5.26 Å². The summed E-state index contributed by atoms with van der Waals surface area (Å²) < 4.78 is 36.0. The molecule has 5 rings (SSSR count). The third-order valence-corrected chi connectivity index (χ3v) is 6.52. The highest BCUT2D eigenvalue weighted by molar-refractivity contribution is 5.91. The summed E-state index contributed by atoms with van der Waals surface area (Å²) in [5, 5.41) is 9.93. The maximum Gasteiger partial charge on any atom is 0.343 e. The van der Waals surface area contributed by atoms with E-state index < -0.39 is 11.9 Å². The Morgan fingerprint density at radius 1 is 1.00 bits per heavy atom. The highest BCUT2D eigenvalue weighted by Gasteiger charge is 2.32. The first-order valence-electron chi connectivity index (χ1n) is 12.4. The van der Waals surface area contributed by atoms with Crippen molar-refractivity contribution in [1.82, 2.24) is 0 Å². The number of nitrogens with two attached hydrogens (primary N) is 1. The fourth-order valence-corrected chi connectivity index (χ4v) is 4.42. The van der Waals surface area contributed by atoms with Crippen molar-refractivity contribution >= 4 is 5.97 Å². The normalized spacial score (nSPS) is 14.0. The molecule has 0 saturated carbocycles. The number of carbonyl (C=O) groups excluding carboxylic acids is 1. The zero-order chi connectivity index (χ0) is 28.2. The quantitative estimate of drug-likeness (QED) is 0.223. The van der Waals surface area contributed by atoms with Crippen LogP contribution in [0.1, 0.15) is 38.5 Å². The minimum atomic E-state index is -0.560. The molecule has 0 amide bonds. The number of fused-ring (bicyclic) bond motifs is 1. The van der Waals surface area contributed by atoms with Gasteiger partial charge in [0.1, 0.15) is 35.6 Å². The standard InChI is InChI=1S/C32H25FN2O5/c1-19-3-7-21(8-4-19)32(36)39-24-12-13-25-28(16-24)40-31(35)26(17-34)30(25)22-9-14-27(29(15-22)37-2)38-18-20-5-10-23(33)11-6-20/h3-16,30H,18,35H2,1-2H3. The summed E-state index contributed by atoms with van der Waals surface area (Å²) in [6.07, 6.45) is 0. The van der Waals surface area contributed by atoms with Crippen molar-refractivity contribution in [2.24, 2.45) is 5.73 Å². The maximum atomic E-state index is 13.2. The first-order chi connectivity index (χ1) is 19.4. The number of rotatable bonds is 7. The lowest BCUT2D eigenvalue weighted by molar-refractivity contribution is 0.0734. The van der Waals surface area contributed by atoms with Gasteiger partial charge in [0.25, 0.3) is 0 Å². The van der Waals surface area contributed by atoms with Crippen molar-refractivity contribution in [3.63, 3.8) is 0 Å². The summed E-state index contributed by atoms with van der Waals surface area (Å²) in [4.78, 5) is 12.6. The summed E-state index contributed by atoms with van der Waals surface area (Å²) >= 11 is 0. The molecule has 40 heavy (non-hydrogen) atoms. The first kappa shape index (κ1) is 26.3. The Kier molecular flexibility index (Phi) is 7.38. The molecular formula is C32H25FN2O5. The summed E-state index contributed by atoms with van der Waals surface area (Å²) in [5.74, 6) is 0.149. The van der Waals surface area contributed by atoms with E-state index in [1.807, 2.05) is 25.1 Å². The van der Waals surface area contributed by atoms with Gasteiger partial charge in [-0.15, -0.1) is 0 Å². The Bertz CT molecular complexity index is 1640. The Morgan fingerprint density at radius 2 is 1.75 bits per heavy atom. The Labute approximate surface area is 230 Å². The van der Waals surface area contributed by atoms with E-state index in [9.17, 15) is 14.4 Å². The molecule has 8 heteroatoms. The lowest BCUT2D eigenvalue weighted by atomic mass is 9.83. The van der Waals surface area contributed by atoms with Gasteiger partial charge in [0, 0.05) is 11.6 Å². The van der Waals surface area contributed by atoms with Crippen LogP contribution in [0.15, 0.2) is 96.4 Å². The molecule has 4 aromatic carbocycles. The van der Waals surface area contributed by atoms with Gasteiger partial charge in [-0.25, -0.2) is 9.18 Å². The molecule has 1 unspecified atom stereocenters. The van der Waals surface area contributed by atoms with E-state index in [0.717, 1.165) is 16.7 Å². The van der Waals surface area contributed by atoms with Crippen LogP contribution in [0.25, 0.3) is 0 Å². The van der Waals surface area contributed by atoms with Crippen molar-refractivity contribution in [2.45, 2.75) is 19.4 Å². The monoisotopic (exact) mass is 536 g/mol. The number of nitrogens with zero attached hydrogens (tertiary/aromatic N) is 1. The molecule has 2 N–H and O–H groups in total. The van der Waals surface area contributed by atoms with Crippen LogP contribution >= 0.6 is 0 Å². The number of benzene rings is 4. The van der Waals surface area contributed by atoms with Crippen molar-refractivity contribution in [2.75, 3.05) is 7.11 Å². The van der Waals surface area contributed by atoms with E-state index in [2.05, 4.69) is 6.07 Å². The lowest BCUT2D eigenvalue weighted by Crippen LogP contribution is -2.21. The number of allylic oxidation sites excluding steroid dienone is 1. The van der Waals surface area contributed by atoms with Gasteiger partial charge in [0.15, 0.2) is 11.5 Å². The van der Waals surface area contributed by atoms with Gasteiger partial charge in [-0.05, 0) is 60.5 Å². The number of hydrogen-bond donors (Lipinski definition) is 1. The van der Waals surface area contributed by atoms with Crippen LogP contribution < -0.4 is 24.7 Å². The van der Waals surface area contributed by atoms with Gasteiger partial charge in [-0.3, -0.25) is 0 Å². The van der Waals surface area contributed by atoms with Crippen LogP contribution in [0.3, 0.4) is 0 Å². The fourth-order valence-electron chi connectivity index (χ4n) is 4.42. The molecule has 1 heterocycles. The van der Waals surface area contributed by atoms with E-state index in [1.54, 1.807) is 54.6 Å². The number of methoxy groups -OCH3 is 1. The van der Waals surface area contributed by atoms with Crippen molar-refractivity contribution < 1.29 is 28.1 Å². The second kappa shape index (κ2) is 11.2. The molecule has 200 valence electrons. The molecule has 4 aromatic rings. The molecule has 0 aromatic heterocycles. The zero-order valence-electron chi connectivity index (χ0n) is 21.8. The molecule has 1 atom stereocenters. The number of esters is 1. The summed E-state index contributed by atoms with van der Waals surface area (Å²) in [6.45, 7) is 2.15. The molecule has 1 aliphatic heterocycles. The van der Waals surface area contributed by atoms with Crippen molar-refractivity contribution in [1.29, 1.82) is 5.26 Å². The Morgan fingerprint density at radius 3 is 2.45 bits per heavy atom. The number of halogens is 1. The molecule has 0 fully saturated rings. The van der Waals surface area contributed by atoms with Gasteiger partial charge >= 0.3 is 5.97 Å². The van der Waals surface area contributed by atoms with Crippen LogP contribution in [0.5, 0.6) is 23.0 Å². The van der Waals surface area contributed by atoms with E-state index in [-0.39, 0.29) is 29.6 Å². The maximum absolute atomic E-state index is 13.2. The van der Waals surface area contributed by atoms with Gasteiger partial charge in [0.05, 0.1) is 18.6 Å². The van der Waals surface area contributed by atoms with Crippen LogP contribution in [-0.4, -0.2) is 13.1 Å². The fraction of sp³-hybridized carbons (Fsp3) is 0.125. The SMILES string of the molecule is COc1cc(C2C(C#N)=C(N)Oc3cc(OC(=O)c4ccc(C)cc4)ccc32)ccc1OCc1ccc(F)cc1. The van der Waals surface area contributed by atoms with E-state index >= 15 is 0 Å². The molecule has 0 spiro atoms. The van der Waals surface area contributed by atoms with Crippen LogP contribution in [-0.2, 0) is 6.61 Å². The topological polar surface area (TPSA) is 104 Å². The highest BCUT2D eigenvalue weighted by Crippen LogP contribution is 2.45. The molecule has 7 nitrogen and oxygen atoms in total. The Balaban J connectivity index is 1.42. The summed E-state index contributed by atoms with van der Waals surface area (Å²) in [5.41, 5.74) is 10.0. The predicted molar refractivity (Wildman–Crippen MR) is 146 cm³/mol. The number of aryl methyl sites for hydroxylation is 1. The van der Waals surface area contributed by atoms with Gasteiger partial charge < -0.3 is 24.7 Å². The smallest absolute Gasteiger partial charge is 0.343 e. The number of carbonyl (C=O) groups is 1. The highest BCUT2D eigenvalue weighted by atomic mass is 19.1. The summed E-state index contributed by atoms with van der Waals surface area (Å²) in [7, 11) is 1.52. The minimum absolute atomic E-state index is 0.0439. The van der Waals surface area contributed by atoms with Gasteiger partial charge in [0.2, 0.25) is 5.88 Å². The van der Waals surface area contributed by atoms with E-state index in [4.69, 9.17) is 24.7 Å². The summed E-state index contributed by atoms with van der Waals surface area (Å²) in [6, 6.07) is 25.6. The molecule has 0 radical (unpaired) electrons. The second-order valence-corrected chi connectivity index (χ2v) is 9.21. The van der Waals surface area contributed by atoms with Crippen molar-refractivity contribution in [3.05, 3.63) is 130 Å². The third-order valence-electron chi connectivity index (χ3n) is 6.52. The van der Waals surface area contributed by atoms with E-state index in [1.165, 1.54) is 19.2 Å². The zero-order valence-corrected chi connectivity index (χ0v) is 21.8.